The third-order valence-corrected chi connectivity index (χ3v) is 4.08. The van der Waals surface area contributed by atoms with Crippen molar-refractivity contribution < 1.29 is 14.1 Å². The van der Waals surface area contributed by atoms with Gasteiger partial charge < -0.3 is 9.73 Å². The molecule has 2 N–H and O–H groups in total. The first kappa shape index (κ1) is 15.0. The normalized spacial score (nSPS) is 16.0. The number of amides is 1. The fraction of sp³-hybridized carbons (Fsp3) is 0.0667. The van der Waals surface area contributed by atoms with Gasteiger partial charge in [0.05, 0.1) is 9.83 Å². The maximum Gasteiger partial charge on any atom is 0.269 e. The Morgan fingerprint density at radius 1 is 1.35 bits per heavy atom. The van der Waals surface area contributed by atoms with Gasteiger partial charge in [0.1, 0.15) is 11.5 Å². The molecule has 0 atom stereocenters. The molecule has 3 rings (SSSR count). The number of non-ortho nitro benzene ring substituents is 1. The van der Waals surface area contributed by atoms with Crippen LogP contribution in [0.5, 0.6) is 0 Å². The standard InChI is InChI=1S/C15H11N3O4S/c1-8-6-9(18(20)21)2-4-11(8)12-5-3-10(22-12)7-13-14(19)17-15(16)23-13/h2-7H,1H3,(H2,16,17,19)/b13-7+. The Kier molecular flexibility index (Phi) is 3.75. The minimum Gasteiger partial charge on any atom is -0.457 e. The van der Waals surface area contributed by atoms with Gasteiger partial charge in [0, 0.05) is 23.8 Å². The number of nitro benzene ring substituents is 1. The lowest BCUT2D eigenvalue weighted by Gasteiger charge is -2.02. The molecule has 1 aromatic heterocycles. The Labute approximate surface area is 135 Å². The van der Waals surface area contributed by atoms with Crippen molar-refractivity contribution in [1.82, 2.24) is 5.32 Å². The van der Waals surface area contributed by atoms with Gasteiger partial charge in [-0.25, -0.2) is 0 Å². The average molecular weight is 329 g/mol. The van der Waals surface area contributed by atoms with E-state index in [1.165, 1.54) is 12.1 Å². The Balaban J connectivity index is 1.91. The molecular formula is C15H11N3O4S. The van der Waals surface area contributed by atoms with Gasteiger partial charge in [-0.15, -0.1) is 0 Å². The van der Waals surface area contributed by atoms with E-state index in [1.54, 1.807) is 31.2 Å². The summed E-state index contributed by atoms with van der Waals surface area (Å²) in [5, 5.41) is 20.6. The molecule has 1 amide bonds. The van der Waals surface area contributed by atoms with Crippen LogP contribution in [0.15, 0.2) is 39.7 Å². The number of nitrogens with zero attached hydrogens (tertiary/aromatic N) is 1. The van der Waals surface area contributed by atoms with E-state index in [1.807, 2.05) is 0 Å². The molecule has 1 aliphatic rings. The average Bonchev–Trinajstić information content (AvgIpc) is 3.06. The minimum absolute atomic E-state index is 0.0256. The fourth-order valence-corrected chi connectivity index (χ4v) is 2.87. The third kappa shape index (κ3) is 3.02. The smallest absolute Gasteiger partial charge is 0.269 e. The Morgan fingerprint density at radius 3 is 2.74 bits per heavy atom. The van der Waals surface area contributed by atoms with Crippen molar-refractivity contribution in [2.45, 2.75) is 6.92 Å². The van der Waals surface area contributed by atoms with Crippen LogP contribution in [0.2, 0.25) is 0 Å². The van der Waals surface area contributed by atoms with Gasteiger partial charge in [-0.2, -0.15) is 0 Å². The molecule has 8 heteroatoms. The monoisotopic (exact) mass is 329 g/mol. The second-order valence-corrected chi connectivity index (χ2v) is 5.90. The zero-order chi connectivity index (χ0) is 16.6. The molecule has 1 saturated heterocycles. The quantitative estimate of drug-likeness (QED) is 0.510. The highest BCUT2D eigenvalue weighted by Crippen LogP contribution is 2.31. The van der Waals surface area contributed by atoms with Crippen LogP contribution in [0.4, 0.5) is 5.69 Å². The van der Waals surface area contributed by atoms with Gasteiger partial charge in [0.15, 0.2) is 5.17 Å². The Hall–Kier alpha value is -2.87. The predicted molar refractivity (Wildman–Crippen MR) is 87.0 cm³/mol. The largest absolute Gasteiger partial charge is 0.457 e. The summed E-state index contributed by atoms with van der Waals surface area (Å²) in [5.74, 6) is 0.706. The van der Waals surface area contributed by atoms with Gasteiger partial charge in [-0.05, 0) is 42.4 Å². The van der Waals surface area contributed by atoms with E-state index in [-0.39, 0.29) is 16.8 Å². The Morgan fingerprint density at radius 2 is 2.13 bits per heavy atom. The summed E-state index contributed by atoms with van der Waals surface area (Å²) in [6, 6.07) is 7.99. The fourth-order valence-electron chi connectivity index (χ4n) is 2.18. The van der Waals surface area contributed by atoms with Crippen molar-refractivity contribution >= 4 is 34.6 Å². The zero-order valence-electron chi connectivity index (χ0n) is 12.0. The predicted octanol–water partition coefficient (Wildman–Crippen LogP) is 3.30. The summed E-state index contributed by atoms with van der Waals surface area (Å²) in [5.41, 5.74) is 1.50. The lowest BCUT2D eigenvalue weighted by molar-refractivity contribution is -0.384. The van der Waals surface area contributed by atoms with Gasteiger partial charge in [0.2, 0.25) is 0 Å². The Bertz CT molecular complexity index is 869. The van der Waals surface area contributed by atoms with Crippen molar-refractivity contribution in [3.63, 3.8) is 0 Å². The number of carbonyl (C=O) groups excluding carboxylic acids is 1. The number of hydrogen-bond donors (Lipinski definition) is 2. The van der Waals surface area contributed by atoms with Crippen molar-refractivity contribution in [3.8, 4) is 11.3 Å². The van der Waals surface area contributed by atoms with Crippen LogP contribution in [0, 0.1) is 22.4 Å². The maximum atomic E-state index is 11.6. The highest BCUT2D eigenvalue weighted by molar-refractivity contribution is 8.18. The van der Waals surface area contributed by atoms with Crippen molar-refractivity contribution in [1.29, 1.82) is 5.41 Å². The number of benzene rings is 1. The maximum absolute atomic E-state index is 11.6. The van der Waals surface area contributed by atoms with Crippen molar-refractivity contribution in [2.75, 3.05) is 0 Å². The molecule has 1 aromatic carbocycles. The van der Waals surface area contributed by atoms with Gasteiger partial charge in [-0.1, -0.05) is 0 Å². The first-order chi connectivity index (χ1) is 10.9. The summed E-state index contributed by atoms with van der Waals surface area (Å²) in [6.07, 6.45) is 1.56. The number of thioether (sulfide) groups is 1. The molecule has 0 aliphatic carbocycles. The summed E-state index contributed by atoms with van der Waals surface area (Å²) < 4.78 is 5.69. The van der Waals surface area contributed by atoms with Gasteiger partial charge in [-0.3, -0.25) is 20.3 Å². The number of rotatable bonds is 3. The second kappa shape index (κ2) is 5.73. The molecule has 2 heterocycles. The molecule has 116 valence electrons. The van der Waals surface area contributed by atoms with Crippen LogP contribution >= 0.6 is 11.8 Å². The van der Waals surface area contributed by atoms with Gasteiger partial charge in [0.25, 0.3) is 11.6 Å². The number of carbonyl (C=O) groups is 1. The second-order valence-electron chi connectivity index (χ2n) is 4.85. The molecule has 7 nitrogen and oxygen atoms in total. The number of nitrogens with one attached hydrogen (secondary N) is 2. The SMILES string of the molecule is Cc1cc([N+](=O)[O-])ccc1-c1ccc(/C=C2/SC(=N)NC2=O)o1. The lowest BCUT2D eigenvalue weighted by Crippen LogP contribution is -2.18. The summed E-state index contributed by atoms with van der Waals surface area (Å²) in [4.78, 5) is 22.3. The van der Waals surface area contributed by atoms with E-state index in [2.05, 4.69) is 5.32 Å². The molecule has 23 heavy (non-hydrogen) atoms. The number of nitro groups is 1. The molecule has 0 spiro atoms. The molecule has 0 radical (unpaired) electrons. The molecular weight excluding hydrogens is 318 g/mol. The minimum atomic E-state index is -0.445. The van der Waals surface area contributed by atoms with E-state index < -0.39 is 4.92 Å². The zero-order valence-corrected chi connectivity index (χ0v) is 12.8. The van der Waals surface area contributed by atoms with Crippen LogP contribution in [-0.4, -0.2) is 16.0 Å². The van der Waals surface area contributed by atoms with Crippen molar-refractivity contribution in [3.05, 3.63) is 56.7 Å². The highest BCUT2D eigenvalue weighted by Gasteiger charge is 2.22. The number of amidine groups is 1. The van der Waals surface area contributed by atoms with E-state index in [0.717, 1.165) is 22.9 Å². The van der Waals surface area contributed by atoms with Crippen molar-refractivity contribution in [2.24, 2.45) is 0 Å². The molecule has 1 fully saturated rings. The topological polar surface area (TPSA) is 109 Å². The van der Waals surface area contributed by atoms with E-state index in [0.29, 0.717) is 16.4 Å². The number of aryl methyl sites for hydroxylation is 1. The summed E-state index contributed by atoms with van der Waals surface area (Å²) in [7, 11) is 0. The number of hydrogen-bond acceptors (Lipinski definition) is 6. The molecule has 0 unspecified atom stereocenters. The van der Waals surface area contributed by atoms with Crippen LogP contribution in [-0.2, 0) is 4.79 Å². The van der Waals surface area contributed by atoms with Crippen LogP contribution in [0.1, 0.15) is 11.3 Å². The molecule has 2 aromatic rings. The summed E-state index contributed by atoms with van der Waals surface area (Å²) >= 11 is 1.03. The molecule has 1 aliphatic heterocycles. The molecule has 0 bridgehead atoms. The molecule has 0 saturated carbocycles. The first-order valence-electron chi connectivity index (χ1n) is 6.59. The van der Waals surface area contributed by atoms with Gasteiger partial charge >= 0.3 is 0 Å². The highest BCUT2D eigenvalue weighted by atomic mass is 32.2. The van der Waals surface area contributed by atoms with E-state index in [9.17, 15) is 14.9 Å². The van der Waals surface area contributed by atoms with Crippen LogP contribution in [0.25, 0.3) is 17.4 Å². The summed E-state index contributed by atoms with van der Waals surface area (Å²) in [6.45, 7) is 1.77. The number of furan rings is 1. The first-order valence-corrected chi connectivity index (χ1v) is 7.40. The lowest BCUT2D eigenvalue weighted by atomic mass is 10.1. The van der Waals surface area contributed by atoms with Crippen LogP contribution in [0.3, 0.4) is 0 Å². The van der Waals surface area contributed by atoms with E-state index in [4.69, 9.17) is 9.83 Å². The third-order valence-electron chi connectivity index (χ3n) is 3.25. The van der Waals surface area contributed by atoms with Crippen LogP contribution < -0.4 is 5.32 Å². The van der Waals surface area contributed by atoms with E-state index >= 15 is 0 Å².